The maximum absolute atomic E-state index is 12.8. The van der Waals surface area contributed by atoms with Gasteiger partial charge in [0.2, 0.25) is 0 Å². The van der Waals surface area contributed by atoms with Gasteiger partial charge in [0.15, 0.2) is 6.10 Å². The van der Waals surface area contributed by atoms with Crippen LogP contribution >= 0.6 is 0 Å². The van der Waals surface area contributed by atoms with E-state index in [0.717, 1.165) is 116 Å². The minimum Gasteiger partial charge on any atom is -0.462 e. The second kappa shape index (κ2) is 57.4. The van der Waals surface area contributed by atoms with Crippen molar-refractivity contribution in [2.24, 2.45) is 0 Å². The number of rotatable bonds is 50. The molecule has 396 valence electrons. The molecule has 1 unspecified atom stereocenters. The van der Waals surface area contributed by atoms with E-state index in [0.29, 0.717) is 19.3 Å². The minimum atomic E-state index is -0.816. The second-order valence-electron chi connectivity index (χ2n) is 18.4. The molecular weight excluding hydrogens is 865 g/mol. The molecule has 0 fully saturated rings. The molecule has 70 heavy (non-hydrogen) atoms. The first-order chi connectivity index (χ1) is 34.5. The Morgan fingerprint density at radius 3 is 0.929 bits per heavy atom. The highest BCUT2D eigenvalue weighted by Crippen LogP contribution is 2.14. The van der Waals surface area contributed by atoms with Gasteiger partial charge in [0.1, 0.15) is 13.2 Å². The monoisotopic (exact) mass is 969 g/mol. The molecule has 0 aliphatic rings. The third-order valence-electron chi connectivity index (χ3n) is 11.7. The van der Waals surface area contributed by atoms with Crippen molar-refractivity contribution in [1.82, 2.24) is 0 Å². The van der Waals surface area contributed by atoms with Gasteiger partial charge in [-0.1, -0.05) is 226 Å². The molecule has 1 atom stereocenters. The Bertz CT molecular complexity index is 1490. The van der Waals surface area contributed by atoms with Crippen LogP contribution in [0.5, 0.6) is 0 Å². The SMILES string of the molecule is CC/C=C\C/C=C\C/C=C\C/C=C\C/C=C\CCCC(=O)OC(COC(=O)CCCCCCC/C=C\CCCCC)COC(=O)CCCCCCCCCCCC/C=C\C/C=C\C/C=C\C/C=C\CC. The molecule has 0 amide bonds. The maximum atomic E-state index is 12.8. The molecule has 0 aromatic carbocycles. The van der Waals surface area contributed by atoms with Gasteiger partial charge in [-0.05, 0) is 122 Å². The Balaban J connectivity index is 4.42. The number of allylic oxidation sites excluding steroid dienone is 20. The molecule has 0 heterocycles. The molecule has 0 radical (unpaired) electrons. The van der Waals surface area contributed by atoms with Crippen LogP contribution in [0.25, 0.3) is 0 Å². The first-order valence-electron chi connectivity index (χ1n) is 28.5. The number of ether oxygens (including phenoxy) is 3. The van der Waals surface area contributed by atoms with Crippen molar-refractivity contribution in [1.29, 1.82) is 0 Å². The average molecular weight is 970 g/mol. The van der Waals surface area contributed by atoms with Crippen molar-refractivity contribution in [3.05, 3.63) is 122 Å². The van der Waals surface area contributed by atoms with Gasteiger partial charge < -0.3 is 14.2 Å². The van der Waals surface area contributed by atoms with Gasteiger partial charge in [-0.15, -0.1) is 0 Å². The Labute approximate surface area is 431 Å². The van der Waals surface area contributed by atoms with Crippen molar-refractivity contribution in [3.8, 4) is 0 Å². The van der Waals surface area contributed by atoms with Gasteiger partial charge in [0.05, 0.1) is 0 Å². The van der Waals surface area contributed by atoms with E-state index in [1.165, 1.54) is 83.5 Å². The van der Waals surface area contributed by atoms with Gasteiger partial charge >= 0.3 is 17.9 Å². The molecule has 6 nitrogen and oxygen atoms in total. The summed E-state index contributed by atoms with van der Waals surface area (Å²) in [6.07, 6.45) is 79.1. The summed E-state index contributed by atoms with van der Waals surface area (Å²) < 4.78 is 16.8. The van der Waals surface area contributed by atoms with Crippen molar-refractivity contribution in [2.75, 3.05) is 13.2 Å². The molecule has 0 N–H and O–H groups in total. The summed E-state index contributed by atoms with van der Waals surface area (Å²) in [5, 5.41) is 0. The van der Waals surface area contributed by atoms with E-state index >= 15 is 0 Å². The van der Waals surface area contributed by atoms with E-state index in [-0.39, 0.29) is 37.5 Å². The van der Waals surface area contributed by atoms with Crippen LogP contribution in [-0.2, 0) is 28.6 Å². The van der Waals surface area contributed by atoms with Crippen molar-refractivity contribution in [2.45, 2.75) is 252 Å². The van der Waals surface area contributed by atoms with Crippen LogP contribution < -0.4 is 0 Å². The first kappa shape index (κ1) is 65.8. The van der Waals surface area contributed by atoms with E-state index in [2.05, 4.69) is 142 Å². The van der Waals surface area contributed by atoms with E-state index < -0.39 is 6.10 Å². The average Bonchev–Trinajstić information content (AvgIpc) is 3.36. The predicted molar refractivity (Wildman–Crippen MR) is 302 cm³/mol. The number of hydrogen-bond donors (Lipinski definition) is 0. The van der Waals surface area contributed by atoms with Gasteiger partial charge in [-0.25, -0.2) is 0 Å². The van der Waals surface area contributed by atoms with Crippen molar-refractivity contribution in [3.63, 3.8) is 0 Å². The summed E-state index contributed by atoms with van der Waals surface area (Å²) in [5.74, 6) is -0.983. The number of unbranched alkanes of at least 4 members (excludes halogenated alkanes) is 19. The molecule has 0 rings (SSSR count). The zero-order chi connectivity index (χ0) is 50.7. The standard InChI is InChI=1S/C64H104O6/c1-4-7-10-13-16-19-22-25-27-29-30-31-32-33-34-36-37-39-42-45-48-51-54-57-63(66)69-60-61(59-68-62(65)56-53-50-47-44-41-24-21-18-15-12-9-6-3)70-64(67)58-55-52-49-46-43-40-38-35-28-26-23-20-17-14-11-8-5-2/h7-8,10-11,16-21,25-28,30-31,38,40,46,49,61H,4-6,9,12-15,22-24,29,32-37,39,41-45,47-48,50-60H2,1-3H3/b10-7-,11-8-,19-16-,20-17-,21-18-,27-25-,28-26-,31-30-,40-38-,49-46-. The van der Waals surface area contributed by atoms with Crippen LogP contribution in [0, 0.1) is 0 Å². The number of carbonyl (C=O) groups is 3. The zero-order valence-corrected chi connectivity index (χ0v) is 45.2. The lowest BCUT2D eigenvalue weighted by molar-refractivity contribution is -0.167. The molecular formula is C64H104O6. The highest BCUT2D eigenvalue weighted by atomic mass is 16.6. The van der Waals surface area contributed by atoms with Crippen LogP contribution in [0.1, 0.15) is 245 Å². The van der Waals surface area contributed by atoms with Crippen LogP contribution in [0.15, 0.2) is 122 Å². The number of carbonyl (C=O) groups excluding carboxylic acids is 3. The Morgan fingerprint density at radius 2 is 0.571 bits per heavy atom. The minimum absolute atomic E-state index is 0.108. The molecule has 6 heteroatoms. The lowest BCUT2D eigenvalue weighted by Crippen LogP contribution is -2.30. The summed E-state index contributed by atoms with van der Waals surface area (Å²) in [6, 6.07) is 0. The Kier molecular flexibility index (Phi) is 54.0. The summed E-state index contributed by atoms with van der Waals surface area (Å²) in [5.41, 5.74) is 0. The van der Waals surface area contributed by atoms with Crippen LogP contribution in [0.4, 0.5) is 0 Å². The van der Waals surface area contributed by atoms with Crippen LogP contribution in [0.3, 0.4) is 0 Å². The highest BCUT2D eigenvalue weighted by molar-refractivity contribution is 5.71. The first-order valence-corrected chi connectivity index (χ1v) is 28.5. The number of esters is 3. The molecule has 0 saturated carbocycles. The summed E-state index contributed by atoms with van der Waals surface area (Å²) in [6.45, 7) is 6.33. The predicted octanol–water partition coefficient (Wildman–Crippen LogP) is 19.3. The fourth-order valence-corrected chi connectivity index (χ4v) is 7.46. The molecule has 0 aliphatic carbocycles. The fourth-order valence-electron chi connectivity index (χ4n) is 7.46. The lowest BCUT2D eigenvalue weighted by atomic mass is 10.1. The van der Waals surface area contributed by atoms with Crippen molar-refractivity contribution < 1.29 is 28.6 Å². The summed E-state index contributed by atoms with van der Waals surface area (Å²) in [4.78, 5) is 38.1. The topological polar surface area (TPSA) is 78.9 Å². The molecule has 0 spiro atoms. The second-order valence-corrected chi connectivity index (χ2v) is 18.4. The molecule has 0 aromatic heterocycles. The molecule has 0 bridgehead atoms. The maximum Gasteiger partial charge on any atom is 0.306 e. The van der Waals surface area contributed by atoms with E-state index in [1.807, 2.05) is 0 Å². The van der Waals surface area contributed by atoms with Crippen LogP contribution in [-0.4, -0.2) is 37.2 Å². The molecule has 0 aliphatic heterocycles. The van der Waals surface area contributed by atoms with Gasteiger partial charge in [-0.3, -0.25) is 14.4 Å². The van der Waals surface area contributed by atoms with Crippen LogP contribution in [0.2, 0.25) is 0 Å². The highest BCUT2D eigenvalue weighted by Gasteiger charge is 2.19. The third-order valence-corrected chi connectivity index (χ3v) is 11.7. The van der Waals surface area contributed by atoms with Crippen molar-refractivity contribution >= 4 is 17.9 Å². The third kappa shape index (κ3) is 54.7. The summed E-state index contributed by atoms with van der Waals surface area (Å²) in [7, 11) is 0. The largest absolute Gasteiger partial charge is 0.462 e. The van der Waals surface area contributed by atoms with E-state index in [9.17, 15) is 14.4 Å². The van der Waals surface area contributed by atoms with E-state index in [4.69, 9.17) is 14.2 Å². The molecule has 0 saturated heterocycles. The number of hydrogen-bond acceptors (Lipinski definition) is 6. The van der Waals surface area contributed by atoms with E-state index in [1.54, 1.807) is 0 Å². The Morgan fingerprint density at radius 1 is 0.300 bits per heavy atom. The van der Waals surface area contributed by atoms with Gasteiger partial charge in [0.25, 0.3) is 0 Å². The lowest BCUT2D eigenvalue weighted by Gasteiger charge is -2.18. The fraction of sp³-hybridized carbons (Fsp3) is 0.641. The molecule has 0 aromatic rings. The van der Waals surface area contributed by atoms with Gasteiger partial charge in [-0.2, -0.15) is 0 Å². The quantitative estimate of drug-likeness (QED) is 0.0262. The normalized spacial score (nSPS) is 13.0. The Hall–Kier alpha value is -4.19. The smallest absolute Gasteiger partial charge is 0.306 e. The van der Waals surface area contributed by atoms with Gasteiger partial charge in [0, 0.05) is 19.3 Å². The zero-order valence-electron chi connectivity index (χ0n) is 45.2. The summed E-state index contributed by atoms with van der Waals surface area (Å²) >= 11 is 0.